The molecule has 1 aromatic rings. The topological polar surface area (TPSA) is 75.4 Å². The van der Waals surface area contributed by atoms with Crippen LogP contribution >= 0.6 is 11.6 Å². The Morgan fingerprint density at radius 1 is 1.48 bits per heavy atom. The molecule has 1 heterocycles. The summed E-state index contributed by atoms with van der Waals surface area (Å²) in [6, 6.07) is 7.03. The smallest absolute Gasteiger partial charge is 0.239 e. The predicted octanol–water partition coefficient (Wildman–Crippen LogP) is 2.18. The van der Waals surface area contributed by atoms with Gasteiger partial charge in [-0.2, -0.15) is 0 Å². The number of nitrogens with zero attached hydrogens (tertiary/aromatic N) is 1. The second-order valence-corrected chi connectivity index (χ2v) is 6.82. The molecule has 1 aliphatic heterocycles. The highest BCUT2D eigenvalue weighted by Crippen LogP contribution is 2.27. The van der Waals surface area contributed by atoms with Crippen molar-refractivity contribution in [1.82, 2.24) is 5.32 Å². The molecule has 1 fully saturated rings. The van der Waals surface area contributed by atoms with Gasteiger partial charge in [0, 0.05) is 29.8 Å². The third-order valence-corrected chi connectivity index (χ3v) is 4.26. The summed E-state index contributed by atoms with van der Waals surface area (Å²) in [5, 5.41) is 3.49. The molecule has 0 aromatic heterocycles. The summed E-state index contributed by atoms with van der Waals surface area (Å²) in [5.74, 6) is -0.609. The Bertz CT molecular complexity index is 577. The Balaban J connectivity index is 2.02. The average Bonchev–Trinajstić information content (AvgIpc) is 2.87. The van der Waals surface area contributed by atoms with Gasteiger partial charge in [-0.05, 0) is 37.0 Å². The Hall–Kier alpha value is -1.59. The largest absolute Gasteiger partial charge is 0.351 e. The van der Waals surface area contributed by atoms with Crippen molar-refractivity contribution < 1.29 is 9.59 Å². The van der Waals surface area contributed by atoms with E-state index in [1.807, 2.05) is 6.07 Å². The predicted molar refractivity (Wildman–Crippen MR) is 92.4 cm³/mol. The lowest BCUT2D eigenvalue weighted by Gasteiger charge is -2.21. The number of carbonyl (C=O) groups is 2. The summed E-state index contributed by atoms with van der Waals surface area (Å²) in [6.45, 7) is 5.06. The zero-order chi connectivity index (χ0) is 17.0. The van der Waals surface area contributed by atoms with Crippen molar-refractivity contribution in [3.8, 4) is 0 Å². The van der Waals surface area contributed by atoms with E-state index in [-0.39, 0.29) is 17.9 Å². The molecule has 2 rings (SSSR count). The van der Waals surface area contributed by atoms with Crippen LogP contribution in [0.15, 0.2) is 24.3 Å². The van der Waals surface area contributed by atoms with Crippen molar-refractivity contribution in [2.75, 3.05) is 18.0 Å². The molecule has 1 aliphatic rings. The van der Waals surface area contributed by atoms with Crippen LogP contribution < -0.4 is 16.0 Å². The molecule has 2 atom stereocenters. The molecule has 2 unspecified atom stereocenters. The zero-order valence-electron chi connectivity index (χ0n) is 13.6. The molecular weight excluding hydrogens is 314 g/mol. The Morgan fingerprint density at radius 2 is 2.22 bits per heavy atom. The molecule has 23 heavy (non-hydrogen) atoms. The van der Waals surface area contributed by atoms with E-state index in [1.54, 1.807) is 23.1 Å². The molecule has 3 N–H and O–H groups in total. The van der Waals surface area contributed by atoms with Crippen molar-refractivity contribution >= 4 is 29.1 Å². The van der Waals surface area contributed by atoms with E-state index in [1.165, 1.54) is 0 Å². The Labute approximate surface area is 142 Å². The van der Waals surface area contributed by atoms with Gasteiger partial charge in [-0.15, -0.1) is 0 Å². The monoisotopic (exact) mass is 337 g/mol. The third-order valence-electron chi connectivity index (χ3n) is 4.03. The van der Waals surface area contributed by atoms with Crippen LogP contribution in [0.4, 0.5) is 5.69 Å². The maximum Gasteiger partial charge on any atom is 0.239 e. The van der Waals surface area contributed by atoms with Crippen LogP contribution in [0, 0.1) is 11.8 Å². The number of hydrogen-bond acceptors (Lipinski definition) is 3. The first-order valence-corrected chi connectivity index (χ1v) is 8.37. The van der Waals surface area contributed by atoms with Gasteiger partial charge in [0.1, 0.15) is 5.92 Å². The molecule has 0 saturated carbocycles. The number of carbonyl (C=O) groups excluding carboxylic acids is 2. The van der Waals surface area contributed by atoms with E-state index in [0.717, 1.165) is 12.1 Å². The molecule has 126 valence electrons. The van der Waals surface area contributed by atoms with Gasteiger partial charge in [-0.1, -0.05) is 31.5 Å². The normalized spacial score (nSPS) is 19.3. The number of anilines is 1. The van der Waals surface area contributed by atoms with Gasteiger partial charge in [0.05, 0.1) is 0 Å². The van der Waals surface area contributed by atoms with Crippen molar-refractivity contribution in [3.63, 3.8) is 0 Å². The number of nitrogens with two attached hydrogens (primary N) is 1. The van der Waals surface area contributed by atoms with Gasteiger partial charge < -0.3 is 16.0 Å². The van der Waals surface area contributed by atoms with E-state index in [0.29, 0.717) is 30.5 Å². The lowest BCUT2D eigenvalue weighted by Crippen LogP contribution is -2.45. The second-order valence-electron chi connectivity index (χ2n) is 6.38. The molecule has 1 saturated heterocycles. The number of halogens is 1. The number of benzene rings is 1. The Morgan fingerprint density at radius 3 is 2.83 bits per heavy atom. The van der Waals surface area contributed by atoms with Crippen LogP contribution in [-0.4, -0.2) is 30.9 Å². The quantitative estimate of drug-likeness (QED) is 0.781. The van der Waals surface area contributed by atoms with E-state index in [9.17, 15) is 9.59 Å². The fourth-order valence-corrected chi connectivity index (χ4v) is 3.09. The molecule has 5 nitrogen and oxygen atoms in total. The molecule has 0 bridgehead atoms. The highest BCUT2D eigenvalue weighted by Gasteiger charge is 2.38. The van der Waals surface area contributed by atoms with Crippen molar-refractivity contribution in [1.29, 1.82) is 0 Å². The van der Waals surface area contributed by atoms with Crippen LogP contribution in [0.1, 0.15) is 26.7 Å². The van der Waals surface area contributed by atoms with Crippen molar-refractivity contribution in [3.05, 3.63) is 29.3 Å². The highest BCUT2D eigenvalue weighted by molar-refractivity contribution is 6.31. The van der Waals surface area contributed by atoms with Crippen molar-refractivity contribution in [2.24, 2.45) is 17.6 Å². The number of rotatable bonds is 6. The van der Waals surface area contributed by atoms with Gasteiger partial charge in [-0.25, -0.2) is 0 Å². The fraction of sp³-hybridized carbons (Fsp3) is 0.529. The minimum Gasteiger partial charge on any atom is -0.351 e. The SMILES string of the molecule is CC(C)CC(CN)NC(=O)C1CCN(c2cccc(Cl)c2)C1=O. The van der Waals surface area contributed by atoms with Gasteiger partial charge in [0.25, 0.3) is 0 Å². The van der Waals surface area contributed by atoms with Crippen molar-refractivity contribution in [2.45, 2.75) is 32.7 Å². The first kappa shape index (κ1) is 17.8. The van der Waals surface area contributed by atoms with Gasteiger partial charge >= 0.3 is 0 Å². The number of amides is 2. The maximum absolute atomic E-state index is 12.5. The maximum atomic E-state index is 12.5. The van der Waals surface area contributed by atoms with E-state index in [4.69, 9.17) is 17.3 Å². The first-order valence-electron chi connectivity index (χ1n) is 7.99. The van der Waals surface area contributed by atoms with Crippen LogP contribution in [-0.2, 0) is 9.59 Å². The van der Waals surface area contributed by atoms with E-state index < -0.39 is 5.92 Å². The summed E-state index contributed by atoms with van der Waals surface area (Å²) >= 11 is 5.97. The molecule has 0 spiro atoms. The fourth-order valence-electron chi connectivity index (χ4n) is 2.91. The molecule has 0 aliphatic carbocycles. The van der Waals surface area contributed by atoms with Crippen LogP contribution in [0.25, 0.3) is 0 Å². The van der Waals surface area contributed by atoms with Gasteiger partial charge in [0.15, 0.2) is 0 Å². The van der Waals surface area contributed by atoms with Crippen LogP contribution in [0.3, 0.4) is 0 Å². The zero-order valence-corrected chi connectivity index (χ0v) is 14.3. The second kappa shape index (κ2) is 7.79. The van der Waals surface area contributed by atoms with Crippen LogP contribution in [0.2, 0.25) is 5.02 Å². The van der Waals surface area contributed by atoms with Gasteiger partial charge in [-0.3, -0.25) is 9.59 Å². The standard InChI is InChI=1S/C17H24ClN3O2/c1-11(2)8-13(10-19)20-16(22)15-6-7-21(17(15)23)14-5-3-4-12(18)9-14/h3-5,9,11,13,15H,6-8,10,19H2,1-2H3,(H,20,22). The number of nitrogens with one attached hydrogen (secondary N) is 1. The highest BCUT2D eigenvalue weighted by atomic mass is 35.5. The number of hydrogen-bond donors (Lipinski definition) is 2. The molecule has 2 amide bonds. The third kappa shape index (κ3) is 4.45. The van der Waals surface area contributed by atoms with Crippen LogP contribution in [0.5, 0.6) is 0 Å². The van der Waals surface area contributed by atoms with E-state index in [2.05, 4.69) is 19.2 Å². The minimum absolute atomic E-state index is 0.0875. The average molecular weight is 338 g/mol. The Kier molecular flexibility index (Phi) is 6.02. The lowest BCUT2D eigenvalue weighted by atomic mass is 10.0. The summed E-state index contributed by atoms with van der Waals surface area (Å²) in [4.78, 5) is 26.6. The molecular formula is C17H24ClN3O2. The molecule has 6 heteroatoms. The first-order chi connectivity index (χ1) is 10.9. The summed E-state index contributed by atoms with van der Waals surface area (Å²) in [5.41, 5.74) is 6.44. The summed E-state index contributed by atoms with van der Waals surface area (Å²) < 4.78 is 0. The molecule has 1 aromatic carbocycles. The summed E-state index contributed by atoms with van der Waals surface area (Å²) in [6.07, 6.45) is 1.32. The minimum atomic E-state index is -0.643. The van der Waals surface area contributed by atoms with Gasteiger partial charge in [0.2, 0.25) is 11.8 Å². The molecule has 0 radical (unpaired) electrons. The van der Waals surface area contributed by atoms with E-state index >= 15 is 0 Å². The summed E-state index contributed by atoms with van der Waals surface area (Å²) in [7, 11) is 0. The lowest BCUT2D eigenvalue weighted by molar-refractivity contribution is -0.132.